The van der Waals surface area contributed by atoms with Gasteiger partial charge in [0.2, 0.25) is 5.91 Å². The monoisotopic (exact) mass is 296 g/mol. The molecule has 0 bridgehead atoms. The molecule has 0 saturated carbocycles. The van der Waals surface area contributed by atoms with Crippen LogP contribution in [-0.4, -0.2) is 35.7 Å². The number of thioether (sulfide) groups is 1. The van der Waals surface area contributed by atoms with Crippen molar-refractivity contribution in [2.45, 2.75) is 30.7 Å². The first-order valence-corrected chi connectivity index (χ1v) is 7.97. The summed E-state index contributed by atoms with van der Waals surface area (Å²) in [5.41, 5.74) is 5.67. The van der Waals surface area contributed by atoms with Crippen molar-refractivity contribution in [2.24, 2.45) is 11.7 Å². The lowest BCUT2D eigenvalue weighted by Crippen LogP contribution is -2.34. The number of carbonyl (C=O) groups is 1. The standard InChI is InChI=1S/C15H21FN2OS/c1-11-8-12(9-17)10-18(11)15(19)6-7-20-14-5-3-2-4-13(14)16/h2-5,11-12H,6-10,17H2,1H3. The van der Waals surface area contributed by atoms with E-state index in [0.29, 0.717) is 29.5 Å². The minimum absolute atomic E-state index is 0.150. The Labute approximate surface area is 123 Å². The Hall–Kier alpha value is -1.07. The van der Waals surface area contributed by atoms with E-state index in [9.17, 15) is 9.18 Å². The fourth-order valence-corrected chi connectivity index (χ4v) is 3.49. The highest BCUT2D eigenvalue weighted by Crippen LogP contribution is 2.25. The summed E-state index contributed by atoms with van der Waals surface area (Å²) in [7, 11) is 0. The summed E-state index contributed by atoms with van der Waals surface area (Å²) >= 11 is 1.39. The largest absolute Gasteiger partial charge is 0.340 e. The van der Waals surface area contributed by atoms with Crippen LogP contribution in [0.1, 0.15) is 19.8 Å². The molecule has 2 N–H and O–H groups in total. The van der Waals surface area contributed by atoms with E-state index < -0.39 is 0 Å². The van der Waals surface area contributed by atoms with E-state index in [1.807, 2.05) is 11.0 Å². The predicted octanol–water partition coefficient (Wildman–Crippen LogP) is 2.50. The van der Waals surface area contributed by atoms with Crippen molar-refractivity contribution in [3.63, 3.8) is 0 Å². The third kappa shape index (κ3) is 3.73. The van der Waals surface area contributed by atoms with Crippen LogP contribution in [-0.2, 0) is 4.79 Å². The molecule has 1 saturated heterocycles. The number of halogens is 1. The van der Waals surface area contributed by atoms with Crippen molar-refractivity contribution < 1.29 is 9.18 Å². The summed E-state index contributed by atoms with van der Waals surface area (Å²) in [6.07, 6.45) is 1.43. The van der Waals surface area contributed by atoms with Crippen molar-refractivity contribution in [2.75, 3.05) is 18.8 Å². The van der Waals surface area contributed by atoms with Crippen molar-refractivity contribution in [3.8, 4) is 0 Å². The number of hydrogen-bond donors (Lipinski definition) is 1. The molecular weight excluding hydrogens is 275 g/mol. The van der Waals surface area contributed by atoms with Crippen LogP contribution < -0.4 is 5.73 Å². The molecule has 2 atom stereocenters. The van der Waals surface area contributed by atoms with E-state index >= 15 is 0 Å². The lowest BCUT2D eigenvalue weighted by atomic mass is 10.1. The van der Waals surface area contributed by atoms with Crippen LogP contribution in [0.2, 0.25) is 0 Å². The molecule has 1 aromatic carbocycles. The van der Waals surface area contributed by atoms with Gasteiger partial charge in [0, 0.05) is 29.7 Å². The second-order valence-corrected chi connectivity index (χ2v) is 6.40. The quantitative estimate of drug-likeness (QED) is 0.849. The van der Waals surface area contributed by atoms with Gasteiger partial charge in [-0.25, -0.2) is 4.39 Å². The first-order chi connectivity index (χ1) is 9.61. The van der Waals surface area contributed by atoms with Gasteiger partial charge in [0.15, 0.2) is 0 Å². The third-order valence-corrected chi connectivity index (χ3v) is 4.78. The van der Waals surface area contributed by atoms with E-state index in [4.69, 9.17) is 5.73 Å². The highest BCUT2D eigenvalue weighted by atomic mass is 32.2. The zero-order valence-electron chi connectivity index (χ0n) is 11.7. The summed E-state index contributed by atoms with van der Waals surface area (Å²) in [5, 5.41) is 0. The van der Waals surface area contributed by atoms with E-state index in [-0.39, 0.29) is 17.8 Å². The van der Waals surface area contributed by atoms with Crippen LogP contribution >= 0.6 is 11.8 Å². The molecule has 1 aromatic rings. The van der Waals surface area contributed by atoms with Gasteiger partial charge in [-0.2, -0.15) is 0 Å². The lowest BCUT2D eigenvalue weighted by molar-refractivity contribution is -0.131. The topological polar surface area (TPSA) is 46.3 Å². The first-order valence-electron chi connectivity index (χ1n) is 6.98. The molecule has 1 aliphatic rings. The van der Waals surface area contributed by atoms with Gasteiger partial charge >= 0.3 is 0 Å². The van der Waals surface area contributed by atoms with Gasteiger partial charge in [0.25, 0.3) is 0 Å². The molecule has 0 radical (unpaired) electrons. The number of carbonyl (C=O) groups excluding carboxylic acids is 1. The van der Waals surface area contributed by atoms with E-state index in [0.717, 1.165) is 13.0 Å². The lowest BCUT2D eigenvalue weighted by Gasteiger charge is -2.21. The Bertz CT molecular complexity index is 469. The summed E-state index contributed by atoms with van der Waals surface area (Å²) in [5.74, 6) is 0.962. The number of hydrogen-bond acceptors (Lipinski definition) is 3. The molecular formula is C15H21FN2OS. The molecule has 1 heterocycles. The second kappa shape index (κ2) is 7.09. The molecule has 0 aromatic heterocycles. The van der Waals surface area contributed by atoms with Gasteiger partial charge in [-0.05, 0) is 37.9 Å². The van der Waals surface area contributed by atoms with Crippen molar-refractivity contribution in [1.29, 1.82) is 0 Å². The number of amides is 1. The van der Waals surface area contributed by atoms with E-state index in [1.165, 1.54) is 17.8 Å². The maximum atomic E-state index is 13.4. The van der Waals surface area contributed by atoms with Crippen molar-refractivity contribution in [1.82, 2.24) is 4.90 Å². The van der Waals surface area contributed by atoms with Crippen LogP contribution in [0.4, 0.5) is 4.39 Å². The Balaban J connectivity index is 1.80. The SMILES string of the molecule is CC1CC(CN)CN1C(=O)CCSc1ccccc1F. The molecule has 20 heavy (non-hydrogen) atoms. The second-order valence-electron chi connectivity index (χ2n) is 5.26. The van der Waals surface area contributed by atoms with Gasteiger partial charge in [-0.3, -0.25) is 4.79 Å². The molecule has 1 aliphatic heterocycles. The molecule has 2 rings (SSSR count). The summed E-state index contributed by atoms with van der Waals surface area (Å²) in [6, 6.07) is 6.94. The van der Waals surface area contributed by atoms with Crippen LogP contribution in [0.15, 0.2) is 29.2 Å². The molecule has 1 fully saturated rings. The van der Waals surface area contributed by atoms with Gasteiger partial charge < -0.3 is 10.6 Å². The maximum absolute atomic E-state index is 13.4. The third-order valence-electron chi connectivity index (χ3n) is 3.73. The van der Waals surface area contributed by atoms with E-state index in [2.05, 4.69) is 6.92 Å². The average molecular weight is 296 g/mol. The number of nitrogens with two attached hydrogens (primary N) is 1. The van der Waals surface area contributed by atoms with Gasteiger partial charge in [-0.1, -0.05) is 12.1 Å². The minimum Gasteiger partial charge on any atom is -0.340 e. The molecule has 0 aliphatic carbocycles. The minimum atomic E-state index is -0.220. The van der Waals surface area contributed by atoms with Gasteiger partial charge in [0.1, 0.15) is 5.82 Å². The van der Waals surface area contributed by atoms with Crippen LogP contribution in [0.3, 0.4) is 0 Å². The molecule has 110 valence electrons. The van der Waals surface area contributed by atoms with Gasteiger partial charge in [-0.15, -0.1) is 11.8 Å². The fourth-order valence-electron chi connectivity index (χ4n) is 2.61. The number of nitrogens with zero attached hydrogens (tertiary/aromatic N) is 1. The summed E-state index contributed by atoms with van der Waals surface area (Å²) in [4.78, 5) is 14.7. The van der Waals surface area contributed by atoms with Crippen LogP contribution in [0, 0.1) is 11.7 Å². The van der Waals surface area contributed by atoms with Crippen LogP contribution in [0.25, 0.3) is 0 Å². The highest BCUT2D eigenvalue weighted by Gasteiger charge is 2.30. The highest BCUT2D eigenvalue weighted by molar-refractivity contribution is 7.99. The number of likely N-dealkylation sites (tertiary alicyclic amines) is 1. The maximum Gasteiger partial charge on any atom is 0.223 e. The number of rotatable bonds is 5. The average Bonchev–Trinajstić information content (AvgIpc) is 2.82. The summed E-state index contributed by atoms with van der Waals surface area (Å²) < 4.78 is 13.4. The smallest absolute Gasteiger partial charge is 0.223 e. The zero-order chi connectivity index (χ0) is 14.5. The normalized spacial score (nSPS) is 22.2. The molecule has 0 spiro atoms. The van der Waals surface area contributed by atoms with Crippen molar-refractivity contribution in [3.05, 3.63) is 30.1 Å². The summed E-state index contributed by atoms with van der Waals surface area (Å²) in [6.45, 7) is 3.47. The van der Waals surface area contributed by atoms with Crippen LogP contribution in [0.5, 0.6) is 0 Å². The zero-order valence-corrected chi connectivity index (χ0v) is 12.5. The Morgan fingerprint density at radius 2 is 2.25 bits per heavy atom. The van der Waals surface area contributed by atoms with Crippen molar-refractivity contribution >= 4 is 17.7 Å². The Morgan fingerprint density at radius 1 is 1.50 bits per heavy atom. The molecule has 2 unspecified atom stereocenters. The van der Waals surface area contributed by atoms with E-state index in [1.54, 1.807) is 12.1 Å². The Morgan fingerprint density at radius 3 is 2.90 bits per heavy atom. The predicted molar refractivity (Wildman–Crippen MR) is 80.1 cm³/mol. The fraction of sp³-hybridized carbons (Fsp3) is 0.533. The number of benzene rings is 1. The van der Waals surface area contributed by atoms with Gasteiger partial charge in [0.05, 0.1) is 0 Å². The molecule has 5 heteroatoms. The molecule has 1 amide bonds. The first kappa shape index (κ1) is 15.3. The Kier molecular flexibility index (Phi) is 5.43. The molecule has 3 nitrogen and oxygen atoms in total.